The SMILES string of the molecule is C=CC(F)(F)C(F)(F)C(F)(F)S(=O)O. The molecule has 1 N–H and O–H groups in total. The Morgan fingerprint density at radius 3 is 1.71 bits per heavy atom. The van der Waals surface area contributed by atoms with Crippen molar-refractivity contribution in [3.05, 3.63) is 12.7 Å². The first-order valence-corrected chi connectivity index (χ1v) is 3.99. The zero-order valence-electron chi connectivity index (χ0n) is 6.32. The van der Waals surface area contributed by atoms with Crippen LogP contribution in [-0.2, 0) is 11.1 Å². The summed E-state index contributed by atoms with van der Waals surface area (Å²) in [7, 11) is 0. The number of hydrogen-bond acceptors (Lipinski definition) is 1. The van der Waals surface area contributed by atoms with Crippen LogP contribution in [0.25, 0.3) is 0 Å². The van der Waals surface area contributed by atoms with Crippen LogP contribution in [0, 0.1) is 0 Å². The van der Waals surface area contributed by atoms with Gasteiger partial charge in [-0.3, -0.25) is 0 Å². The zero-order valence-corrected chi connectivity index (χ0v) is 7.13. The van der Waals surface area contributed by atoms with Gasteiger partial charge in [-0.05, 0) is 6.08 Å². The third-order valence-electron chi connectivity index (χ3n) is 1.26. The second-order valence-electron chi connectivity index (χ2n) is 2.17. The van der Waals surface area contributed by atoms with E-state index in [0.717, 1.165) is 0 Å². The van der Waals surface area contributed by atoms with Crippen LogP contribution in [0.15, 0.2) is 12.7 Å². The molecule has 0 aliphatic heterocycles. The van der Waals surface area contributed by atoms with Gasteiger partial charge in [0.05, 0.1) is 0 Å². The van der Waals surface area contributed by atoms with E-state index in [-0.39, 0.29) is 0 Å². The van der Waals surface area contributed by atoms with Gasteiger partial charge < -0.3 is 4.55 Å². The highest BCUT2D eigenvalue weighted by Gasteiger charge is 2.73. The van der Waals surface area contributed by atoms with Crippen molar-refractivity contribution >= 4 is 11.1 Å². The fourth-order valence-corrected chi connectivity index (χ4v) is 0.787. The van der Waals surface area contributed by atoms with E-state index in [4.69, 9.17) is 4.55 Å². The van der Waals surface area contributed by atoms with E-state index < -0.39 is 34.3 Å². The van der Waals surface area contributed by atoms with Crippen LogP contribution in [0.4, 0.5) is 26.3 Å². The van der Waals surface area contributed by atoms with Crippen molar-refractivity contribution in [1.29, 1.82) is 0 Å². The predicted octanol–water partition coefficient (Wildman–Crippen LogP) is 2.26. The summed E-state index contributed by atoms with van der Waals surface area (Å²) in [6, 6.07) is 0. The van der Waals surface area contributed by atoms with E-state index >= 15 is 0 Å². The summed E-state index contributed by atoms with van der Waals surface area (Å²) < 4.78 is 90.8. The van der Waals surface area contributed by atoms with Crippen LogP contribution < -0.4 is 0 Å². The van der Waals surface area contributed by atoms with Gasteiger partial charge in [0.15, 0.2) is 0 Å². The lowest BCUT2D eigenvalue weighted by Gasteiger charge is -2.28. The molecule has 0 radical (unpaired) electrons. The second-order valence-corrected chi connectivity index (χ2v) is 3.18. The number of alkyl halides is 6. The smallest absolute Gasteiger partial charge is 0.301 e. The molecule has 0 spiro atoms. The summed E-state index contributed by atoms with van der Waals surface area (Å²) in [6.45, 7) is 2.23. The summed E-state index contributed by atoms with van der Waals surface area (Å²) in [5.41, 5.74) is 0. The van der Waals surface area contributed by atoms with Gasteiger partial charge in [-0.25, -0.2) is 4.21 Å². The molecule has 14 heavy (non-hydrogen) atoms. The van der Waals surface area contributed by atoms with Crippen molar-refractivity contribution in [2.45, 2.75) is 17.1 Å². The first kappa shape index (κ1) is 13.4. The van der Waals surface area contributed by atoms with Crippen molar-refractivity contribution in [3.63, 3.8) is 0 Å². The molecule has 0 heterocycles. The lowest BCUT2D eigenvalue weighted by atomic mass is 10.2. The summed E-state index contributed by atoms with van der Waals surface area (Å²) in [6.07, 6.45) is -0.715. The van der Waals surface area contributed by atoms with Crippen LogP contribution in [0.2, 0.25) is 0 Å². The highest BCUT2D eigenvalue weighted by Crippen LogP contribution is 2.47. The minimum Gasteiger partial charge on any atom is -0.301 e. The minimum atomic E-state index is -5.97. The molecule has 1 unspecified atom stereocenters. The Bertz CT molecular complexity index is 263. The maximum atomic E-state index is 12.3. The topological polar surface area (TPSA) is 37.3 Å². The quantitative estimate of drug-likeness (QED) is 0.466. The van der Waals surface area contributed by atoms with Gasteiger partial charge >= 0.3 is 17.1 Å². The zero-order chi connectivity index (χ0) is 11.8. The third-order valence-corrected chi connectivity index (χ3v) is 1.95. The van der Waals surface area contributed by atoms with Crippen LogP contribution in [0.1, 0.15) is 0 Å². The lowest BCUT2D eigenvalue weighted by Crippen LogP contribution is -2.55. The fourth-order valence-electron chi connectivity index (χ4n) is 0.432. The van der Waals surface area contributed by atoms with Gasteiger partial charge in [-0.1, -0.05) is 6.58 Å². The number of rotatable bonds is 4. The Morgan fingerprint density at radius 2 is 1.50 bits per heavy atom. The molecule has 0 saturated carbocycles. The number of halogens is 6. The maximum Gasteiger partial charge on any atom is 0.413 e. The van der Waals surface area contributed by atoms with Crippen molar-refractivity contribution in [1.82, 2.24) is 0 Å². The number of hydrogen-bond donors (Lipinski definition) is 1. The first-order valence-electron chi connectivity index (χ1n) is 2.88. The highest BCUT2D eigenvalue weighted by molar-refractivity contribution is 7.80. The van der Waals surface area contributed by atoms with Crippen molar-refractivity contribution < 1.29 is 35.1 Å². The summed E-state index contributed by atoms with van der Waals surface area (Å²) in [5, 5.41) is -5.75. The Hall–Kier alpha value is -0.570. The average molecular weight is 242 g/mol. The first-order chi connectivity index (χ1) is 6.00. The molecule has 84 valence electrons. The molecule has 0 amide bonds. The maximum absolute atomic E-state index is 12.3. The fraction of sp³-hybridized carbons (Fsp3) is 0.600. The highest BCUT2D eigenvalue weighted by atomic mass is 32.2. The molecule has 2 nitrogen and oxygen atoms in total. The summed E-state index contributed by atoms with van der Waals surface area (Å²) in [4.78, 5) is 0. The molecule has 0 aromatic rings. The van der Waals surface area contributed by atoms with E-state index in [9.17, 15) is 30.6 Å². The molecule has 0 aliphatic carbocycles. The molecule has 9 heteroatoms. The van der Waals surface area contributed by atoms with Gasteiger partial charge in [0.2, 0.25) is 11.1 Å². The molecule has 0 saturated heterocycles. The molecule has 0 aromatic heterocycles. The van der Waals surface area contributed by atoms with Gasteiger partial charge in [0, 0.05) is 0 Å². The number of allylic oxidation sites excluding steroid dienone is 1. The van der Waals surface area contributed by atoms with Crippen LogP contribution in [0.5, 0.6) is 0 Å². The Morgan fingerprint density at radius 1 is 1.14 bits per heavy atom. The largest absolute Gasteiger partial charge is 0.413 e. The Balaban J connectivity index is 5.35. The van der Waals surface area contributed by atoms with E-state index in [2.05, 4.69) is 6.58 Å². The standard InChI is InChI=1S/C5H4F6O2S/c1-2-3(6,7)4(8,9)5(10,11)14(12)13/h2H,1H2,(H,12,13). The van der Waals surface area contributed by atoms with Crippen molar-refractivity contribution in [3.8, 4) is 0 Å². The molecular weight excluding hydrogens is 238 g/mol. The van der Waals surface area contributed by atoms with Crippen LogP contribution in [-0.4, -0.2) is 25.9 Å². The second kappa shape index (κ2) is 3.54. The molecule has 0 aromatic carbocycles. The van der Waals surface area contributed by atoms with Gasteiger partial charge in [0.1, 0.15) is 0 Å². The van der Waals surface area contributed by atoms with Gasteiger partial charge in [0.25, 0.3) is 0 Å². The van der Waals surface area contributed by atoms with E-state index in [0.29, 0.717) is 0 Å². The molecule has 0 aliphatic rings. The summed E-state index contributed by atoms with van der Waals surface area (Å²) >= 11 is -4.40. The average Bonchev–Trinajstić information content (AvgIpc) is 2.03. The summed E-state index contributed by atoms with van der Waals surface area (Å²) in [5.74, 6) is -11.2. The monoisotopic (exact) mass is 242 g/mol. The Labute approximate surface area is 76.9 Å². The lowest BCUT2D eigenvalue weighted by molar-refractivity contribution is -0.259. The predicted molar refractivity (Wildman–Crippen MR) is 35.8 cm³/mol. The molecule has 0 fully saturated rings. The van der Waals surface area contributed by atoms with Crippen molar-refractivity contribution in [2.24, 2.45) is 0 Å². The van der Waals surface area contributed by atoms with E-state index in [1.165, 1.54) is 0 Å². The van der Waals surface area contributed by atoms with Crippen LogP contribution in [0.3, 0.4) is 0 Å². The third kappa shape index (κ3) is 1.78. The molecular formula is C5H4F6O2S. The van der Waals surface area contributed by atoms with Gasteiger partial charge in [-0.2, -0.15) is 26.3 Å². The van der Waals surface area contributed by atoms with Gasteiger partial charge in [-0.15, -0.1) is 0 Å². The van der Waals surface area contributed by atoms with Crippen LogP contribution >= 0.6 is 0 Å². The van der Waals surface area contributed by atoms with E-state index in [1.807, 2.05) is 0 Å². The molecule has 0 bridgehead atoms. The normalized spacial score (nSPS) is 16.5. The van der Waals surface area contributed by atoms with Crippen molar-refractivity contribution in [2.75, 3.05) is 0 Å². The Kier molecular flexibility index (Phi) is 3.39. The van der Waals surface area contributed by atoms with E-state index in [1.54, 1.807) is 0 Å². The minimum absolute atomic E-state index is 0.715. The molecule has 0 rings (SSSR count). The molecule has 1 atom stereocenters.